The Balaban J connectivity index is 1.67. The molecule has 5 heteroatoms. The number of hydrogen-bond acceptors (Lipinski definition) is 2. The number of aliphatic hydroxyl groups excluding tert-OH is 1. The second kappa shape index (κ2) is 9.60. The van der Waals surface area contributed by atoms with Crippen molar-refractivity contribution in [2.45, 2.75) is 32.5 Å². The molecule has 130 valence electrons. The lowest BCUT2D eigenvalue weighted by atomic mass is 10.1. The Kier molecular flexibility index (Phi) is 7.80. The van der Waals surface area contributed by atoms with E-state index in [0.29, 0.717) is 6.61 Å². The number of ether oxygens (including phenoxy) is 1. The van der Waals surface area contributed by atoms with Crippen LogP contribution in [0.15, 0.2) is 24.3 Å². The average molecular weight is 343 g/mol. The number of halogens is 1. The van der Waals surface area contributed by atoms with Crippen LogP contribution < -0.4 is 9.80 Å². The van der Waals surface area contributed by atoms with Gasteiger partial charge in [0.1, 0.15) is 38.8 Å². The smallest absolute Gasteiger partial charge is 0.127 e. The third kappa shape index (κ3) is 6.40. The summed E-state index contributed by atoms with van der Waals surface area (Å²) in [6, 6.07) is 7.69. The normalized spacial score (nSPS) is 24.3. The van der Waals surface area contributed by atoms with E-state index in [4.69, 9.17) is 16.3 Å². The maximum absolute atomic E-state index is 10.2. The molecule has 1 heterocycles. The van der Waals surface area contributed by atoms with Crippen molar-refractivity contribution >= 4 is 11.6 Å². The maximum atomic E-state index is 10.2. The van der Waals surface area contributed by atoms with Crippen LogP contribution in [0.25, 0.3) is 0 Å². The van der Waals surface area contributed by atoms with Gasteiger partial charge in [-0.2, -0.15) is 0 Å². The van der Waals surface area contributed by atoms with E-state index in [1.807, 2.05) is 31.2 Å². The molecule has 0 unspecified atom stereocenters. The molecule has 0 bridgehead atoms. The molecule has 0 aromatic heterocycles. The Hall–Kier alpha value is -0.650. The molecule has 1 aromatic carbocycles. The van der Waals surface area contributed by atoms with Gasteiger partial charge in [0, 0.05) is 5.02 Å². The molecule has 2 atom stereocenters. The number of hydrogen-bond donors (Lipinski definition) is 3. The fraction of sp³-hybridized carbons (Fsp3) is 0.667. The Morgan fingerprint density at radius 1 is 1.13 bits per heavy atom. The summed E-state index contributed by atoms with van der Waals surface area (Å²) < 4.78 is 5.82. The largest absolute Gasteiger partial charge is 0.385 e. The van der Waals surface area contributed by atoms with Gasteiger partial charge in [-0.3, -0.25) is 0 Å². The molecule has 0 saturated carbocycles. The van der Waals surface area contributed by atoms with Crippen molar-refractivity contribution in [3.05, 3.63) is 34.9 Å². The van der Waals surface area contributed by atoms with Crippen LogP contribution in [0.1, 0.15) is 31.9 Å². The van der Waals surface area contributed by atoms with E-state index >= 15 is 0 Å². The summed E-state index contributed by atoms with van der Waals surface area (Å²) in [6.07, 6.45) is 0.833. The molecular formula is C18H31ClN2O2+2. The first-order valence-corrected chi connectivity index (χ1v) is 9.18. The standard InChI is InChI=1S/C18H29ClN2O2/c1-3-8-20-9-11-21(12-10-20)13-18(22)14-23-15(2)16-4-6-17(19)7-5-16/h4-7,15,18,22H,3,8-14H2,1-2H3/p+2/t15-,18+/m0/s1. The predicted molar refractivity (Wildman–Crippen MR) is 93.2 cm³/mol. The topological polar surface area (TPSA) is 38.3 Å². The average Bonchev–Trinajstić information content (AvgIpc) is 2.55. The molecule has 1 aliphatic rings. The number of rotatable bonds is 8. The monoisotopic (exact) mass is 342 g/mol. The molecule has 4 nitrogen and oxygen atoms in total. The Bertz CT molecular complexity index is 447. The van der Waals surface area contributed by atoms with Crippen LogP contribution in [0.5, 0.6) is 0 Å². The molecule has 1 aromatic rings. The number of nitrogens with one attached hydrogen (secondary N) is 2. The van der Waals surface area contributed by atoms with Crippen LogP contribution in [-0.4, -0.2) is 57.1 Å². The lowest BCUT2D eigenvalue weighted by Gasteiger charge is -2.30. The van der Waals surface area contributed by atoms with E-state index in [1.54, 1.807) is 4.90 Å². The van der Waals surface area contributed by atoms with Crippen molar-refractivity contribution in [2.24, 2.45) is 0 Å². The summed E-state index contributed by atoms with van der Waals surface area (Å²) in [5.74, 6) is 0. The number of benzene rings is 1. The van der Waals surface area contributed by atoms with E-state index in [1.165, 1.54) is 31.0 Å². The van der Waals surface area contributed by atoms with E-state index in [-0.39, 0.29) is 6.10 Å². The zero-order valence-electron chi connectivity index (χ0n) is 14.4. The Morgan fingerprint density at radius 3 is 2.35 bits per heavy atom. The maximum Gasteiger partial charge on any atom is 0.127 e. The van der Waals surface area contributed by atoms with Gasteiger partial charge in [-0.25, -0.2) is 0 Å². The predicted octanol–water partition coefficient (Wildman–Crippen LogP) is -0.0281. The Labute approximate surface area is 145 Å². The van der Waals surface area contributed by atoms with Gasteiger partial charge in [-0.1, -0.05) is 30.7 Å². The SMILES string of the molecule is CCC[NH+]1CC[NH+](C[C@@H](O)CO[C@@H](C)c2ccc(Cl)cc2)CC1. The highest BCUT2D eigenvalue weighted by Gasteiger charge is 2.24. The van der Waals surface area contributed by atoms with Crippen LogP contribution >= 0.6 is 11.6 Å². The first-order valence-electron chi connectivity index (χ1n) is 8.80. The van der Waals surface area contributed by atoms with Gasteiger partial charge in [-0.05, 0) is 31.0 Å². The van der Waals surface area contributed by atoms with Gasteiger partial charge in [-0.15, -0.1) is 0 Å². The third-order valence-electron chi connectivity index (χ3n) is 4.67. The van der Waals surface area contributed by atoms with E-state index in [0.717, 1.165) is 30.2 Å². The fourth-order valence-corrected chi connectivity index (χ4v) is 3.37. The van der Waals surface area contributed by atoms with Gasteiger partial charge in [0.05, 0.1) is 19.3 Å². The minimum atomic E-state index is -0.396. The van der Waals surface area contributed by atoms with E-state index in [9.17, 15) is 5.11 Å². The van der Waals surface area contributed by atoms with Crippen molar-refractivity contribution in [2.75, 3.05) is 45.9 Å². The number of aliphatic hydroxyl groups is 1. The van der Waals surface area contributed by atoms with Gasteiger partial charge in [0.2, 0.25) is 0 Å². The van der Waals surface area contributed by atoms with Crippen molar-refractivity contribution in [1.82, 2.24) is 0 Å². The lowest BCUT2D eigenvalue weighted by Crippen LogP contribution is -3.28. The van der Waals surface area contributed by atoms with Crippen molar-refractivity contribution < 1.29 is 19.6 Å². The molecule has 0 amide bonds. The number of quaternary nitrogens is 2. The zero-order valence-corrected chi connectivity index (χ0v) is 15.1. The molecule has 1 fully saturated rings. The van der Waals surface area contributed by atoms with Crippen LogP contribution in [0.2, 0.25) is 5.02 Å². The summed E-state index contributed by atoms with van der Waals surface area (Å²) in [7, 11) is 0. The molecule has 0 spiro atoms. The summed E-state index contributed by atoms with van der Waals surface area (Å²) >= 11 is 5.90. The lowest BCUT2D eigenvalue weighted by molar-refractivity contribution is -1.01. The van der Waals surface area contributed by atoms with Crippen molar-refractivity contribution in [3.63, 3.8) is 0 Å². The van der Waals surface area contributed by atoms with E-state index in [2.05, 4.69) is 6.92 Å². The van der Waals surface area contributed by atoms with E-state index < -0.39 is 6.10 Å². The molecule has 3 N–H and O–H groups in total. The zero-order chi connectivity index (χ0) is 16.7. The van der Waals surface area contributed by atoms with Gasteiger partial charge in [0.25, 0.3) is 0 Å². The van der Waals surface area contributed by atoms with Crippen LogP contribution in [-0.2, 0) is 4.74 Å². The minimum Gasteiger partial charge on any atom is -0.385 e. The van der Waals surface area contributed by atoms with Crippen LogP contribution in [0, 0.1) is 0 Å². The van der Waals surface area contributed by atoms with Gasteiger partial charge < -0.3 is 19.6 Å². The second-order valence-electron chi connectivity index (χ2n) is 6.64. The van der Waals surface area contributed by atoms with Gasteiger partial charge >= 0.3 is 0 Å². The first-order chi connectivity index (χ1) is 11.1. The first kappa shape index (κ1) is 18.7. The summed E-state index contributed by atoms with van der Waals surface area (Å²) in [5.41, 5.74) is 1.09. The fourth-order valence-electron chi connectivity index (χ4n) is 3.24. The molecule has 0 radical (unpaired) electrons. The highest BCUT2D eigenvalue weighted by molar-refractivity contribution is 6.30. The third-order valence-corrected chi connectivity index (χ3v) is 4.92. The highest BCUT2D eigenvalue weighted by Crippen LogP contribution is 2.19. The molecule has 1 saturated heterocycles. The number of piperazine rings is 1. The molecule has 2 rings (SSSR count). The summed E-state index contributed by atoms with van der Waals surface area (Å²) in [4.78, 5) is 3.21. The van der Waals surface area contributed by atoms with Gasteiger partial charge in [0.15, 0.2) is 0 Å². The quantitative estimate of drug-likeness (QED) is 0.621. The highest BCUT2D eigenvalue weighted by atomic mass is 35.5. The molecule has 23 heavy (non-hydrogen) atoms. The molecule has 0 aliphatic carbocycles. The summed E-state index contributed by atoms with van der Waals surface area (Å²) in [5, 5.41) is 11.0. The minimum absolute atomic E-state index is 0.0252. The van der Waals surface area contributed by atoms with Crippen LogP contribution in [0.3, 0.4) is 0 Å². The van der Waals surface area contributed by atoms with Crippen molar-refractivity contribution in [3.8, 4) is 0 Å². The van der Waals surface area contributed by atoms with Crippen molar-refractivity contribution in [1.29, 1.82) is 0 Å². The second-order valence-corrected chi connectivity index (χ2v) is 7.07. The molecule has 1 aliphatic heterocycles. The van der Waals surface area contributed by atoms with Crippen LogP contribution in [0.4, 0.5) is 0 Å². The summed E-state index contributed by atoms with van der Waals surface area (Å²) in [6.45, 7) is 11.4. The molecular weight excluding hydrogens is 312 g/mol. The Morgan fingerprint density at radius 2 is 1.74 bits per heavy atom.